The minimum atomic E-state index is -2.88. The Morgan fingerprint density at radius 1 is 1.32 bits per heavy atom. The van der Waals surface area contributed by atoms with Crippen LogP contribution in [0, 0.1) is 17.8 Å². The normalized spacial score (nSPS) is 29.3. The summed E-state index contributed by atoms with van der Waals surface area (Å²) in [7, 11) is 0. The highest BCUT2D eigenvalue weighted by molar-refractivity contribution is 5.93. The fourth-order valence-corrected chi connectivity index (χ4v) is 3.70. The lowest BCUT2D eigenvalue weighted by atomic mass is 9.84. The number of carbonyl (C=O) groups excluding carboxylic acids is 1. The van der Waals surface area contributed by atoms with Crippen LogP contribution in [-0.2, 0) is 4.79 Å². The second-order valence-corrected chi connectivity index (χ2v) is 5.83. The molecule has 0 aliphatic heterocycles. The third-order valence-corrected chi connectivity index (χ3v) is 4.61. The second-order valence-electron chi connectivity index (χ2n) is 5.83. The molecule has 1 aromatic rings. The van der Waals surface area contributed by atoms with Crippen LogP contribution in [0.1, 0.15) is 19.3 Å². The summed E-state index contributed by atoms with van der Waals surface area (Å²) in [4.78, 5) is 12.4. The van der Waals surface area contributed by atoms with Gasteiger partial charge < -0.3 is 15.8 Å². The van der Waals surface area contributed by atoms with Gasteiger partial charge in [0, 0.05) is 17.8 Å². The summed E-state index contributed by atoms with van der Waals surface area (Å²) in [6.45, 7) is -2.88. The smallest absolute Gasteiger partial charge is 0.387 e. The van der Waals surface area contributed by atoms with Crippen molar-refractivity contribution in [2.75, 3.05) is 5.32 Å². The van der Waals surface area contributed by atoms with Crippen LogP contribution in [0.3, 0.4) is 0 Å². The largest absolute Gasteiger partial charge is 0.435 e. The Bertz CT molecular complexity index is 542. The maximum atomic E-state index is 12.4. The number of carbonyl (C=O) groups is 1. The van der Waals surface area contributed by atoms with Gasteiger partial charge in [-0.3, -0.25) is 4.79 Å². The number of alkyl halides is 2. The van der Waals surface area contributed by atoms with Crippen LogP contribution in [0.5, 0.6) is 5.75 Å². The average molecular weight is 333 g/mol. The minimum Gasteiger partial charge on any atom is -0.435 e. The van der Waals surface area contributed by atoms with E-state index in [9.17, 15) is 13.6 Å². The van der Waals surface area contributed by atoms with E-state index in [0.717, 1.165) is 19.3 Å². The predicted molar refractivity (Wildman–Crippen MR) is 81.2 cm³/mol. The second kappa shape index (κ2) is 6.79. The highest BCUT2D eigenvalue weighted by atomic mass is 35.5. The van der Waals surface area contributed by atoms with Crippen LogP contribution < -0.4 is 15.8 Å². The summed E-state index contributed by atoms with van der Waals surface area (Å²) >= 11 is 0. The van der Waals surface area contributed by atoms with E-state index < -0.39 is 6.61 Å². The van der Waals surface area contributed by atoms with E-state index in [1.807, 2.05) is 0 Å². The first-order valence-electron chi connectivity index (χ1n) is 7.16. The highest BCUT2D eigenvalue weighted by Gasteiger charge is 2.49. The van der Waals surface area contributed by atoms with E-state index >= 15 is 0 Å². The molecule has 1 amide bonds. The summed E-state index contributed by atoms with van der Waals surface area (Å²) in [5.41, 5.74) is 6.58. The van der Waals surface area contributed by atoms with Gasteiger partial charge in [-0.2, -0.15) is 8.78 Å². The van der Waals surface area contributed by atoms with Gasteiger partial charge >= 0.3 is 6.61 Å². The first-order valence-corrected chi connectivity index (χ1v) is 7.16. The van der Waals surface area contributed by atoms with Gasteiger partial charge in [-0.05, 0) is 43.2 Å². The number of hydrogen-bond donors (Lipinski definition) is 2. The van der Waals surface area contributed by atoms with Crippen molar-refractivity contribution in [1.82, 2.24) is 0 Å². The molecule has 0 radical (unpaired) electrons. The molecular formula is C15H19ClF2N2O2. The number of nitrogens with one attached hydrogen (secondary N) is 1. The van der Waals surface area contributed by atoms with Gasteiger partial charge in [0.05, 0.1) is 5.92 Å². The van der Waals surface area contributed by atoms with Crippen LogP contribution in [0.25, 0.3) is 0 Å². The first kappa shape index (κ1) is 17.0. The quantitative estimate of drug-likeness (QED) is 0.890. The zero-order valence-corrected chi connectivity index (χ0v) is 12.7. The standard InChI is InChI=1S/C15H18F2N2O2.ClH/c16-15(17)21-11-3-1-2-10(7-11)19-14(20)12-8-4-5-9(6-8)13(12)18;/h1-3,7-9,12-13,15H,4-6,18H2,(H,19,20);1H. The molecule has 3 rings (SSSR count). The molecule has 0 heterocycles. The van der Waals surface area contributed by atoms with Gasteiger partial charge in [-0.25, -0.2) is 0 Å². The van der Waals surface area contributed by atoms with Crippen molar-refractivity contribution in [1.29, 1.82) is 0 Å². The monoisotopic (exact) mass is 332 g/mol. The molecule has 0 saturated heterocycles. The zero-order valence-electron chi connectivity index (χ0n) is 11.9. The molecule has 2 bridgehead atoms. The maximum absolute atomic E-state index is 12.4. The van der Waals surface area contributed by atoms with Crippen LogP contribution in [0.15, 0.2) is 24.3 Å². The third kappa shape index (κ3) is 3.33. The summed E-state index contributed by atoms with van der Waals surface area (Å²) in [6, 6.07) is 5.93. The van der Waals surface area contributed by atoms with Gasteiger partial charge in [0.2, 0.25) is 5.91 Å². The van der Waals surface area contributed by atoms with Gasteiger partial charge in [0.15, 0.2) is 0 Å². The molecule has 4 nitrogen and oxygen atoms in total. The van der Waals surface area contributed by atoms with Gasteiger partial charge in [-0.15, -0.1) is 12.4 Å². The molecule has 122 valence electrons. The summed E-state index contributed by atoms with van der Waals surface area (Å²) < 4.78 is 28.7. The molecule has 4 unspecified atom stereocenters. The zero-order chi connectivity index (χ0) is 15.0. The topological polar surface area (TPSA) is 64.4 Å². The molecule has 7 heteroatoms. The Morgan fingerprint density at radius 3 is 2.68 bits per heavy atom. The number of nitrogens with two attached hydrogens (primary N) is 1. The van der Waals surface area contributed by atoms with Gasteiger partial charge in [0.25, 0.3) is 0 Å². The molecular weight excluding hydrogens is 314 g/mol. The van der Waals surface area contributed by atoms with Crippen LogP contribution in [-0.4, -0.2) is 18.6 Å². The average Bonchev–Trinajstić information content (AvgIpc) is 2.98. The van der Waals surface area contributed by atoms with Crippen molar-refractivity contribution in [2.45, 2.75) is 31.9 Å². The van der Waals surface area contributed by atoms with E-state index in [0.29, 0.717) is 17.5 Å². The third-order valence-electron chi connectivity index (χ3n) is 4.61. The predicted octanol–water partition coefficient (Wildman–Crippen LogP) is 3.02. The fourth-order valence-electron chi connectivity index (χ4n) is 3.70. The van der Waals surface area contributed by atoms with E-state index in [-0.39, 0.29) is 36.0 Å². The summed E-state index contributed by atoms with van der Waals surface area (Å²) in [5.74, 6) is 0.525. The molecule has 2 aliphatic rings. The number of rotatable bonds is 4. The summed E-state index contributed by atoms with van der Waals surface area (Å²) in [5, 5.41) is 2.77. The highest BCUT2D eigenvalue weighted by Crippen LogP contribution is 2.47. The van der Waals surface area contributed by atoms with Crippen molar-refractivity contribution < 1.29 is 18.3 Å². The molecule has 0 aromatic heterocycles. The molecule has 1 aromatic carbocycles. The maximum Gasteiger partial charge on any atom is 0.387 e. The molecule has 2 fully saturated rings. The van der Waals surface area contributed by atoms with Crippen molar-refractivity contribution >= 4 is 24.0 Å². The lowest BCUT2D eigenvalue weighted by Gasteiger charge is -2.27. The lowest BCUT2D eigenvalue weighted by molar-refractivity contribution is -0.121. The van der Waals surface area contributed by atoms with E-state index in [4.69, 9.17) is 5.73 Å². The summed E-state index contributed by atoms with van der Waals surface area (Å²) in [6.07, 6.45) is 3.17. The first-order chi connectivity index (χ1) is 10.0. The number of anilines is 1. The van der Waals surface area contributed by atoms with Crippen molar-refractivity contribution in [3.8, 4) is 5.75 Å². The van der Waals surface area contributed by atoms with Crippen LogP contribution in [0.2, 0.25) is 0 Å². The van der Waals surface area contributed by atoms with Gasteiger partial charge in [0.1, 0.15) is 5.75 Å². The molecule has 2 saturated carbocycles. The van der Waals surface area contributed by atoms with E-state index in [2.05, 4.69) is 10.1 Å². The Morgan fingerprint density at radius 2 is 2.05 bits per heavy atom. The van der Waals surface area contributed by atoms with Crippen molar-refractivity contribution in [3.63, 3.8) is 0 Å². The number of hydrogen-bond acceptors (Lipinski definition) is 3. The van der Waals surface area contributed by atoms with Gasteiger partial charge in [-0.1, -0.05) is 6.07 Å². The number of benzene rings is 1. The number of fused-ring (bicyclic) bond motifs is 2. The van der Waals surface area contributed by atoms with E-state index in [1.54, 1.807) is 12.1 Å². The number of ether oxygens (including phenoxy) is 1. The lowest BCUT2D eigenvalue weighted by Crippen LogP contribution is -2.42. The Hall–Kier alpha value is -1.40. The molecule has 3 N–H and O–H groups in total. The Labute approximate surface area is 133 Å². The Kier molecular flexibility index (Phi) is 5.24. The Balaban J connectivity index is 0.00000176. The number of amides is 1. The molecule has 4 atom stereocenters. The van der Waals surface area contributed by atoms with Crippen LogP contribution >= 0.6 is 12.4 Å². The molecule has 0 spiro atoms. The fraction of sp³-hybridized carbons (Fsp3) is 0.533. The van der Waals surface area contributed by atoms with Crippen molar-refractivity contribution in [2.24, 2.45) is 23.5 Å². The minimum absolute atomic E-state index is 0. The van der Waals surface area contributed by atoms with Crippen molar-refractivity contribution in [3.05, 3.63) is 24.3 Å². The van der Waals surface area contributed by atoms with E-state index in [1.165, 1.54) is 12.1 Å². The molecule has 2 aliphatic carbocycles. The van der Waals surface area contributed by atoms with Crippen LogP contribution in [0.4, 0.5) is 14.5 Å². The molecule has 22 heavy (non-hydrogen) atoms. The SMILES string of the molecule is Cl.NC1C2CCC(C2)C1C(=O)Nc1cccc(OC(F)F)c1. The number of halogens is 3.